The van der Waals surface area contributed by atoms with Crippen molar-refractivity contribution in [1.82, 2.24) is 19.9 Å². The van der Waals surface area contributed by atoms with Gasteiger partial charge in [0.2, 0.25) is 0 Å². The Kier molecular flexibility index (Phi) is 5.44. The van der Waals surface area contributed by atoms with Crippen LogP contribution in [0.4, 0.5) is 5.82 Å². The summed E-state index contributed by atoms with van der Waals surface area (Å²) in [4.78, 5) is 22.9. The van der Waals surface area contributed by atoms with Gasteiger partial charge in [0, 0.05) is 17.3 Å². The molecule has 2 aromatic heterocycles. The highest BCUT2D eigenvalue weighted by molar-refractivity contribution is 6.31. The van der Waals surface area contributed by atoms with Crippen LogP contribution >= 0.6 is 11.6 Å². The van der Waals surface area contributed by atoms with Gasteiger partial charge < -0.3 is 11.1 Å². The number of aryl methyl sites for hydroxylation is 1. The van der Waals surface area contributed by atoms with E-state index in [1.54, 1.807) is 10.6 Å². The van der Waals surface area contributed by atoms with Crippen LogP contribution in [0, 0.1) is 0 Å². The molecule has 33 heavy (non-hydrogen) atoms. The van der Waals surface area contributed by atoms with E-state index in [1.165, 1.54) is 5.56 Å². The van der Waals surface area contributed by atoms with Crippen LogP contribution in [0.5, 0.6) is 0 Å². The number of hydrogen-bond donors (Lipinski definition) is 2. The Morgan fingerprint density at radius 1 is 0.970 bits per heavy atom. The molecule has 0 aliphatic carbocycles. The molecule has 3 aromatic carbocycles. The third-order valence-corrected chi connectivity index (χ3v) is 6.09. The summed E-state index contributed by atoms with van der Waals surface area (Å²) < 4.78 is 1.79. The Labute approximate surface area is 196 Å². The second kappa shape index (κ2) is 8.56. The zero-order chi connectivity index (χ0) is 22.9. The van der Waals surface area contributed by atoms with Crippen molar-refractivity contribution in [2.45, 2.75) is 19.9 Å². The lowest BCUT2D eigenvalue weighted by Gasteiger charge is -2.09. The van der Waals surface area contributed by atoms with Gasteiger partial charge in [0.1, 0.15) is 16.9 Å². The fourth-order valence-corrected chi connectivity index (χ4v) is 4.14. The van der Waals surface area contributed by atoms with E-state index in [0.29, 0.717) is 33.1 Å². The van der Waals surface area contributed by atoms with Crippen molar-refractivity contribution in [2.75, 3.05) is 5.73 Å². The van der Waals surface area contributed by atoms with Crippen molar-refractivity contribution in [3.05, 3.63) is 94.5 Å². The molecule has 0 radical (unpaired) electrons. The number of nitrogens with zero attached hydrogens (tertiary/aromatic N) is 3. The summed E-state index contributed by atoms with van der Waals surface area (Å²) >= 11 is 6.25. The molecule has 0 unspecified atom stereocenters. The van der Waals surface area contributed by atoms with Crippen LogP contribution in [-0.4, -0.2) is 20.4 Å². The highest BCUT2D eigenvalue weighted by atomic mass is 35.5. The Morgan fingerprint density at radius 2 is 1.64 bits per heavy atom. The van der Waals surface area contributed by atoms with Gasteiger partial charge in [0.25, 0.3) is 5.91 Å². The minimum Gasteiger partial charge on any atom is -0.384 e. The highest BCUT2D eigenvalue weighted by Crippen LogP contribution is 2.31. The topological polar surface area (TPSA) is 85.8 Å². The van der Waals surface area contributed by atoms with E-state index in [2.05, 4.69) is 12.2 Å². The fourth-order valence-electron chi connectivity index (χ4n) is 3.93. The highest BCUT2D eigenvalue weighted by Gasteiger charge is 2.24. The zero-order valence-corrected chi connectivity index (χ0v) is 18.8. The molecule has 6 nitrogen and oxygen atoms in total. The minimum absolute atomic E-state index is 0.275. The number of benzene rings is 3. The fraction of sp³-hybridized carbons (Fsp3) is 0.115. The molecule has 0 fully saturated rings. The Balaban J connectivity index is 1.65. The molecule has 0 saturated carbocycles. The van der Waals surface area contributed by atoms with Gasteiger partial charge in [-0.25, -0.2) is 9.97 Å². The SMILES string of the molecule is CCc1ccc(-n2c(N)c(C(=O)NCc3ccccc3Cl)c3nc4ccccc4nc32)cc1. The molecule has 7 heteroatoms. The lowest BCUT2D eigenvalue weighted by molar-refractivity contribution is 0.0953. The monoisotopic (exact) mass is 455 g/mol. The normalized spacial score (nSPS) is 11.2. The third kappa shape index (κ3) is 3.79. The van der Waals surface area contributed by atoms with Crippen molar-refractivity contribution in [3.8, 4) is 5.69 Å². The summed E-state index contributed by atoms with van der Waals surface area (Å²) in [5.41, 5.74) is 12.2. The second-order valence-corrected chi connectivity index (χ2v) is 8.18. The summed E-state index contributed by atoms with van der Waals surface area (Å²) in [6.07, 6.45) is 0.933. The van der Waals surface area contributed by atoms with Crippen LogP contribution < -0.4 is 11.1 Å². The number of rotatable bonds is 5. The maximum atomic E-state index is 13.3. The van der Waals surface area contributed by atoms with Crippen molar-refractivity contribution < 1.29 is 4.79 Å². The predicted octanol–water partition coefficient (Wildman–Crippen LogP) is 5.30. The number of para-hydroxylation sites is 2. The summed E-state index contributed by atoms with van der Waals surface area (Å²) in [6, 6.07) is 23.0. The van der Waals surface area contributed by atoms with Crippen LogP contribution in [0.2, 0.25) is 5.02 Å². The van der Waals surface area contributed by atoms with Gasteiger partial charge in [-0.15, -0.1) is 0 Å². The second-order valence-electron chi connectivity index (χ2n) is 7.77. The number of hydrogen-bond acceptors (Lipinski definition) is 4. The first kappa shape index (κ1) is 21.0. The van der Waals surface area contributed by atoms with E-state index in [0.717, 1.165) is 23.2 Å². The van der Waals surface area contributed by atoms with Gasteiger partial charge in [0.15, 0.2) is 5.65 Å². The average molecular weight is 456 g/mol. The van der Waals surface area contributed by atoms with Gasteiger partial charge >= 0.3 is 0 Å². The van der Waals surface area contributed by atoms with Gasteiger partial charge in [-0.1, -0.05) is 61.0 Å². The molecule has 164 valence electrons. The molecule has 0 saturated heterocycles. The first-order chi connectivity index (χ1) is 16.1. The molecule has 0 bridgehead atoms. The van der Waals surface area contributed by atoms with Crippen LogP contribution in [-0.2, 0) is 13.0 Å². The van der Waals surface area contributed by atoms with E-state index in [9.17, 15) is 4.79 Å². The van der Waals surface area contributed by atoms with Crippen LogP contribution in [0.3, 0.4) is 0 Å². The van der Waals surface area contributed by atoms with Crippen molar-refractivity contribution in [1.29, 1.82) is 0 Å². The number of amides is 1. The molecular weight excluding hydrogens is 434 g/mol. The molecule has 2 heterocycles. The lowest BCUT2D eigenvalue weighted by atomic mass is 10.1. The van der Waals surface area contributed by atoms with Gasteiger partial charge in [-0.05, 0) is 47.9 Å². The van der Waals surface area contributed by atoms with E-state index in [1.807, 2.05) is 66.7 Å². The average Bonchev–Trinajstić information content (AvgIpc) is 3.12. The van der Waals surface area contributed by atoms with Crippen molar-refractivity contribution >= 4 is 45.5 Å². The molecule has 3 N–H and O–H groups in total. The van der Waals surface area contributed by atoms with Crippen LogP contribution in [0.25, 0.3) is 27.9 Å². The van der Waals surface area contributed by atoms with Crippen molar-refractivity contribution in [3.63, 3.8) is 0 Å². The Morgan fingerprint density at radius 3 is 2.33 bits per heavy atom. The van der Waals surface area contributed by atoms with Crippen LogP contribution in [0.15, 0.2) is 72.8 Å². The molecule has 0 aliphatic rings. The van der Waals surface area contributed by atoms with E-state index in [-0.39, 0.29) is 12.5 Å². The standard InChI is InChI=1S/C26H22ClN5O/c1-2-16-11-13-18(14-12-16)32-24(28)22(26(33)29-15-17-7-3-4-8-19(17)27)23-25(32)31-21-10-6-5-9-20(21)30-23/h3-14H,2,15,28H2,1H3,(H,29,33). The number of nitrogens with one attached hydrogen (secondary N) is 1. The summed E-state index contributed by atoms with van der Waals surface area (Å²) in [5.74, 6) is -0.0351. The Bertz CT molecular complexity index is 1490. The van der Waals surface area contributed by atoms with Gasteiger partial charge in [0.05, 0.1) is 11.0 Å². The summed E-state index contributed by atoms with van der Waals surface area (Å²) in [7, 11) is 0. The molecule has 0 atom stereocenters. The molecule has 0 spiro atoms. The smallest absolute Gasteiger partial charge is 0.257 e. The van der Waals surface area contributed by atoms with E-state index < -0.39 is 0 Å². The summed E-state index contributed by atoms with van der Waals surface area (Å²) in [5, 5.41) is 3.53. The number of nitrogen functional groups attached to an aromatic ring is 1. The van der Waals surface area contributed by atoms with Gasteiger partial charge in [-0.2, -0.15) is 0 Å². The number of halogens is 1. The molecular formula is C26H22ClN5O. The first-order valence-corrected chi connectivity index (χ1v) is 11.1. The quantitative estimate of drug-likeness (QED) is 0.376. The molecule has 1 amide bonds. The largest absolute Gasteiger partial charge is 0.384 e. The maximum Gasteiger partial charge on any atom is 0.257 e. The molecule has 5 rings (SSSR count). The Hall–Kier alpha value is -3.90. The number of carbonyl (C=O) groups excluding carboxylic acids is 1. The number of anilines is 1. The van der Waals surface area contributed by atoms with Crippen LogP contribution in [0.1, 0.15) is 28.4 Å². The number of carbonyl (C=O) groups is 1. The van der Waals surface area contributed by atoms with E-state index >= 15 is 0 Å². The maximum absolute atomic E-state index is 13.3. The van der Waals surface area contributed by atoms with E-state index in [4.69, 9.17) is 27.3 Å². The predicted molar refractivity (Wildman–Crippen MR) is 133 cm³/mol. The molecule has 0 aliphatic heterocycles. The lowest BCUT2D eigenvalue weighted by Crippen LogP contribution is -2.24. The van der Waals surface area contributed by atoms with Crippen molar-refractivity contribution in [2.24, 2.45) is 0 Å². The summed E-state index contributed by atoms with van der Waals surface area (Å²) in [6.45, 7) is 2.38. The number of aromatic nitrogens is 3. The number of nitrogens with two attached hydrogens (primary N) is 1. The third-order valence-electron chi connectivity index (χ3n) is 5.72. The zero-order valence-electron chi connectivity index (χ0n) is 18.0. The minimum atomic E-state index is -0.328. The molecule has 5 aromatic rings. The van der Waals surface area contributed by atoms with Gasteiger partial charge in [-0.3, -0.25) is 9.36 Å². The number of fused-ring (bicyclic) bond motifs is 2. The first-order valence-electron chi connectivity index (χ1n) is 10.7.